The van der Waals surface area contributed by atoms with Crippen LogP contribution in [-0.2, 0) is 15.7 Å². The third kappa shape index (κ3) is 4.63. The van der Waals surface area contributed by atoms with Crippen LogP contribution in [0.5, 0.6) is 0 Å². The Morgan fingerprint density at radius 3 is 2.15 bits per heavy atom. The number of carbonyl (C=O) groups is 3. The van der Waals surface area contributed by atoms with Crippen molar-refractivity contribution in [2.24, 2.45) is 0 Å². The molecule has 0 fully saturated rings. The van der Waals surface area contributed by atoms with Gasteiger partial charge in [0.15, 0.2) is 0 Å². The van der Waals surface area contributed by atoms with Crippen molar-refractivity contribution in [3.8, 4) is 0 Å². The molecule has 0 bridgehead atoms. The van der Waals surface area contributed by atoms with Crippen molar-refractivity contribution in [3.63, 3.8) is 0 Å². The highest BCUT2D eigenvalue weighted by atomic mass is 19.4. The molecule has 0 unspecified atom stereocenters. The van der Waals surface area contributed by atoms with Crippen LogP contribution in [0.4, 0.5) is 18.9 Å². The Labute approximate surface area is 151 Å². The first-order valence-corrected chi connectivity index (χ1v) is 7.46. The summed E-state index contributed by atoms with van der Waals surface area (Å²) in [5, 5.41) is 2.33. The highest BCUT2D eigenvalue weighted by Crippen LogP contribution is 2.30. The minimum Gasteiger partial charge on any atom is -0.465 e. The Balaban J connectivity index is 2.41. The summed E-state index contributed by atoms with van der Waals surface area (Å²) < 4.78 is 47.6. The summed E-state index contributed by atoms with van der Waals surface area (Å²) in [5.41, 5.74) is -1.42. The van der Waals surface area contributed by atoms with E-state index in [2.05, 4.69) is 14.8 Å². The Morgan fingerprint density at radius 2 is 1.56 bits per heavy atom. The van der Waals surface area contributed by atoms with Gasteiger partial charge in [0.2, 0.25) is 0 Å². The Kier molecular flexibility index (Phi) is 5.84. The van der Waals surface area contributed by atoms with E-state index in [1.807, 2.05) is 0 Å². The van der Waals surface area contributed by atoms with Gasteiger partial charge in [-0.3, -0.25) is 4.79 Å². The monoisotopic (exact) mass is 381 g/mol. The first kappa shape index (κ1) is 20.0. The van der Waals surface area contributed by atoms with Gasteiger partial charge in [0.05, 0.1) is 36.6 Å². The van der Waals surface area contributed by atoms with E-state index >= 15 is 0 Å². The standard InChI is InChI=1S/C18H14F3NO5/c1-26-16(24)11-6-7-13(17(25)27-2)14(9-11)22-15(23)10-4-3-5-12(8-10)18(19,20)21/h3-9H,1-2H3,(H,22,23). The number of hydrogen-bond donors (Lipinski definition) is 1. The van der Waals surface area contributed by atoms with E-state index < -0.39 is 29.6 Å². The molecule has 27 heavy (non-hydrogen) atoms. The summed E-state index contributed by atoms with van der Waals surface area (Å²) in [6.07, 6.45) is -4.61. The number of amides is 1. The van der Waals surface area contributed by atoms with E-state index in [4.69, 9.17) is 0 Å². The van der Waals surface area contributed by atoms with Crippen molar-refractivity contribution in [2.45, 2.75) is 6.18 Å². The van der Waals surface area contributed by atoms with E-state index in [0.29, 0.717) is 6.07 Å². The molecule has 0 saturated carbocycles. The second-order valence-electron chi connectivity index (χ2n) is 5.28. The molecule has 0 aliphatic carbocycles. The smallest absolute Gasteiger partial charge is 0.416 e. The Morgan fingerprint density at radius 1 is 0.889 bits per heavy atom. The number of hydrogen-bond acceptors (Lipinski definition) is 5. The fourth-order valence-corrected chi connectivity index (χ4v) is 2.21. The van der Waals surface area contributed by atoms with Crippen molar-refractivity contribution >= 4 is 23.5 Å². The lowest BCUT2D eigenvalue weighted by atomic mass is 10.1. The summed E-state index contributed by atoms with van der Waals surface area (Å²) in [6.45, 7) is 0. The van der Waals surface area contributed by atoms with Crippen LogP contribution in [0, 0.1) is 0 Å². The third-order valence-corrected chi connectivity index (χ3v) is 3.55. The first-order valence-electron chi connectivity index (χ1n) is 7.46. The molecule has 0 saturated heterocycles. The minimum atomic E-state index is -4.61. The summed E-state index contributed by atoms with van der Waals surface area (Å²) in [6, 6.07) is 7.48. The van der Waals surface area contributed by atoms with Gasteiger partial charge in [-0.15, -0.1) is 0 Å². The molecule has 0 aromatic heterocycles. The largest absolute Gasteiger partial charge is 0.465 e. The van der Waals surface area contributed by atoms with Crippen molar-refractivity contribution in [1.29, 1.82) is 0 Å². The van der Waals surface area contributed by atoms with Gasteiger partial charge in [-0.1, -0.05) is 6.07 Å². The Bertz CT molecular complexity index is 893. The van der Waals surface area contributed by atoms with Crippen molar-refractivity contribution in [3.05, 3.63) is 64.7 Å². The highest BCUT2D eigenvalue weighted by Gasteiger charge is 2.31. The number of esters is 2. The number of benzene rings is 2. The number of nitrogens with one attached hydrogen (secondary N) is 1. The van der Waals surface area contributed by atoms with E-state index in [9.17, 15) is 27.6 Å². The molecular weight excluding hydrogens is 367 g/mol. The van der Waals surface area contributed by atoms with Crippen LogP contribution >= 0.6 is 0 Å². The van der Waals surface area contributed by atoms with Gasteiger partial charge in [0.1, 0.15) is 0 Å². The molecular formula is C18H14F3NO5. The molecule has 1 amide bonds. The fraction of sp³-hybridized carbons (Fsp3) is 0.167. The van der Waals surface area contributed by atoms with E-state index in [1.54, 1.807) is 0 Å². The number of anilines is 1. The van der Waals surface area contributed by atoms with Crippen molar-refractivity contribution in [1.82, 2.24) is 0 Å². The molecule has 6 nitrogen and oxygen atoms in total. The molecule has 0 atom stereocenters. The van der Waals surface area contributed by atoms with Gasteiger partial charge in [-0.2, -0.15) is 13.2 Å². The summed E-state index contributed by atoms with van der Waals surface area (Å²) >= 11 is 0. The van der Waals surface area contributed by atoms with Crippen molar-refractivity contribution in [2.75, 3.05) is 19.5 Å². The lowest BCUT2D eigenvalue weighted by molar-refractivity contribution is -0.137. The third-order valence-electron chi connectivity index (χ3n) is 3.55. The van der Waals surface area contributed by atoms with Gasteiger partial charge in [0, 0.05) is 5.56 Å². The minimum absolute atomic E-state index is 0.0319. The fourth-order valence-electron chi connectivity index (χ4n) is 2.21. The highest BCUT2D eigenvalue weighted by molar-refractivity contribution is 6.09. The number of alkyl halides is 3. The number of carbonyl (C=O) groups excluding carboxylic acids is 3. The van der Waals surface area contributed by atoms with Crippen LogP contribution in [0.3, 0.4) is 0 Å². The molecule has 0 aliphatic rings. The number of rotatable bonds is 4. The van der Waals surface area contributed by atoms with Crippen LogP contribution in [0.15, 0.2) is 42.5 Å². The molecule has 0 heterocycles. The lowest BCUT2D eigenvalue weighted by Gasteiger charge is -2.12. The second-order valence-corrected chi connectivity index (χ2v) is 5.28. The quantitative estimate of drug-likeness (QED) is 0.820. The van der Waals surface area contributed by atoms with Gasteiger partial charge in [0.25, 0.3) is 5.91 Å². The molecule has 0 spiro atoms. The van der Waals surface area contributed by atoms with Crippen LogP contribution in [0.2, 0.25) is 0 Å². The zero-order valence-corrected chi connectivity index (χ0v) is 14.2. The van der Waals surface area contributed by atoms with Gasteiger partial charge in [-0.25, -0.2) is 9.59 Å². The van der Waals surface area contributed by atoms with E-state index in [1.165, 1.54) is 24.3 Å². The molecule has 0 aliphatic heterocycles. The maximum Gasteiger partial charge on any atom is 0.416 e. The predicted octanol–water partition coefficient (Wildman–Crippen LogP) is 3.53. The van der Waals surface area contributed by atoms with Crippen LogP contribution in [0.1, 0.15) is 36.6 Å². The number of ether oxygens (including phenoxy) is 2. The molecule has 0 radical (unpaired) electrons. The average Bonchev–Trinajstić information content (AvgIpc) is 2.66. The maximum absolute atomic E-state index is 12.8. The predicted molar refractivity (Wildman–Crippen MR) is 88.5 cm³/mol. The molecule has 9 heteroatoms. The summed E-state index contributed by atoms with van der Waals surface area (Å²) in [5.74, 6) is -2.42. The molecule has 2 aromatic carbocycles. The number of halogens is 3. The van der Waals surface area contributed by atoms with E-state index in [0.717, 1.165) is 26.4 Å². The molecule has 2 aromatic rings. The lowest BCUT2D eigenvalue weighted by Crippen LogP contribution is -2.17. The number of methoxy groups -OCH3 is 2. The zero-order valence-electron chi connectivity index (χ0n) is 14.2. The van der Waals surface area contributed by atoms with Crippen LogP contribution < -0.4 is 5.32 Å². The summed E-state index contributed by atoms with van der Waals surface area (Å²) in [4.78, 5) is 35.9. The summed E-state index contributed by atoms with van der Waals surface area (Å²) in [7, 11) is 2.27. The normalized spacial score (nSPS) is 10.9. The topological polar surface area (TPSA) is 81.7 Å². The van der Waals surface area contributed by atoms with Crippen LogP contribution in [0.25, 0.3) is 0 Å². The zero-order chi connectivity index (χ0) is 20.2. The SMILES string of the molecule is COC(=O)c1ccc(C(=O)OC)c(NC(=O)c2cccc(C(F)(F)F)c2)c1. The van der Waals surface area contributed by atoms with Gasteiger partial charge >= 0.3 is 18.1 Å². The molecule has 1 N–H and O–H groups in total. The first-order chi connectivity index (χ1) is 12.7. The van der Waals surface area contributed by atoms with Gasteiger partial charge in [-0.05, 0) is 36.4 Å². The van der Waals surface area contributed by atoms with Crippen LogP contribution in [-0.4, -0.2) is 32.1 Å². The van der Waals surface area contributed by atoms with E-state index in [-0.39, 0.29) is 22.4 Å². The Hall–Kier alpha value is -3.36. The molecule has 2 rings (SSSR count). The van der Waals surface area contributed by atoms with Gasteiger partial charge < -0.3 is 14.8 Å². The van der Waals surface area contributed by atoms with Crippen molar-refractivity contribution < 1.29 is 37.0 Å². The second kappa shape index (κ2) is 7.90. The molecule has 142 valence electrons. The maximum atomic E-state index is 12.8. The average molecular weight is 381 g/mol.